The van der Waals surface area contributed by atoms with E-state index in [1.165, 1.54) is 18.2 Å². The van der Waals surface area contributed by atoms with Crippen LogP contribution < -0.4 is 0 Å². The van der Waals surface area contributed by atoms with Crippen molar-refractivity contribution in [2.75, 3.05) is 19.0 Å². The van der Waals surface area contributed by atoms with E-state index in [-0.39, 0.29) is 22.8 Å². The molecule has 1 saturated heterocycles. The molecular weight excluding hydrogens is 264 g/mol. The van der Waals surface area contributed by atoms with Crippen LogP contribution in [0.1, 0.15) is 29.6 Å². The summed E-state index contributed by atoms with van der Waals surface area (Å²) in [7, 11) is 0. The molecule has 2 rings (SSSR count). The van der Waals surface area contributed by atoms with Gasteiger partial charge in [0.25, 0.3) is 0 Å². The standard InChI is InChI=1S/C14H18O4S/c15-10-1-2-12(14(17)9-10)13(16)5-8-19-11-3-6-18-7-4-11/h1-2,9,11,15,17H,3-8H2. The summed E-state index contributed by atoms with van der Waals surface area (Å²) in [6.45, 7) is 1.62. The van der Waals surface area contributed by atoms with Gasteiger partial charge in [0, 0.05) is 36.7 Å². The summed E-state index contributed by atoms with van der Waals surface area (Å²) in [6, 6.07) is 4.07. The predicted octanol–water partition coefficient (Wildman–Crippen LogP) is 2.58. The van der Waals surface area contributed by atoms with Gasteiger partial charge in [0.05, 0.1) is 5.56 Å². The molecule has 104 valence electrons. The highest BCUT2D eigenvalue weighted by Crippen LogP contribution is 2.26. The van der Waals surface area contributed by atoms with Crippen molar-refractivity contribution in [1.29, 1.82) is 0 Å². The van der Waals surface area contributed by atoms with Gasteiger partial charge in [-0.15, -0.1) is 0 Å². The molecule has 0 saturated carbocycles. The van der Waals surface area contributed by atoms with E-state index in [0.29, 0.717) is 11.7 Å². The Labute approximate surface area is 116 Å². The van der Waals surface area contributed by atoms with Crippen molar-refractivity contribution in [1.82, 2.24) is 0 Å². The first-order valence-corrected chi connectivity index (χ1v) is 7.46. The molecule has 0 unspecified atom stereocenters. The Morgan fingerprint density at radius 1 is 1.32 bits per heavy atom. The van der Waals surface area contributed by atoms with Gasteiger partial charge in [-0.3, -0.25) is 4.79 Å². The van der Waals surface area contributed by atoms with Gasteiger partial charge in [0.2, 0.25) is 0 Å². The molecule has 1 fully saturated rings. The summed E-state index contributed by atoms with van der Waals surface area (Å²) in [5.41, 5.74) is 0.283. The van der Waals surface area contributed by atoms with Gasteiger partial charge in [0.15, 0.2) is 5.78 Å². The van der Waals surface area contributed by atoms with Crippen LogP contribution in [-0.4, -0.2) is 40.2 Å². The van der Waals surface area contributed by atoms with Crippen LogP contribution in [0.4, 0.5) is 0 Å². The highest BCUT2D eigenvalue weighted by atomic mass is 32.2. The molecule has 1 aromatic carbocycles. The zero-order chi connectivity index (χ0) is 13.7. The Morgan fingerprint density at radius 3 is 2.74 bits per heavy atom. The SMILES string of the molecule is O=C(CCSC1CCOCC1)c1ccc(O)cc1O. The van der Waals surface area contributed by atoms with Crippen molar-refractivity contribution in [3.63, 3.8) is 0 Å². The number of carbonyl (C=O) groups excluding carboxylic acids is 1. The van der Waals surface area contributed by atoms with Crippen LogP contribution in [0.2, 0.25) is 0 Å². The highest BCUT2D eigenvalue weighted by Gasteiger charge is 2.16. The summed E-state index contributed by atoms with van der Waals surface area (Å²) >= 11 is 1.80. The fraction of sp³-hybridized carbons (Fsp3) is 0.500. The number of rotatable bonds is 5. The van der Waals surface area contributed by atoms with E-state index in [4.69, 9.17) is 4.74 Å². The van der Waals surface area contributed by atoms with Gasteiger partial charge >= 0.3 is 0 Å². The second-order valence-electron chi connectivity index (χ2n) is 4.56. The first kappa shape index (κ1) is 14.2. The predicted molar refractivity (Wildman–Crippen MR) is 75.0 cm³/mol. The number of phenolic OH excluding ortho intramolecular Hbond substituents is 2. The molecule has 1 heterocycles. The molecule has 1 aromatic rings. The number of thioether (sulfide) groups is 1. The van der Waals surface area contributed by atoms with Crippen LogP contribution in [0, 0.1) is 0 Å². The zero-order valence-corrected chi connectivity index (χ0v) is 11.5. The van der Waals surface area contributed by atoms with Crippen LogP contribution in [0.3, 0.4) is 0 Å². The molecule has 0 bridgehead atoms. The first-order valence-electron chi connectivity index (χ1n) is 6.41. The number of aromatic hydroxyl groups is 2. The van der Waals surface area contributed by atoms with E-state index in [2.05, 4.69) is 0 Å². The lowest BCUT2D eigenvalue weighted by atomic mass is 10.1. The van der Waals surface area contributed by atoms with Gasteiger partial charge in [-0.05, 0) is 25.0 Å². The summed E-state index contributed by atoms with van der Waals surface area (Å²) in [4.78, 5) is 11.9. The lowest BCUT2D eigenvalue weighted by Gasteiger charge is -2.21. The van der Waals surface area contributed by atoms with Crippen LogP contribution in [0.25, 0.3) is 0 Å². The zero-order valence-electron chi connectivity index (χ0n) is 10.7. The van der Waals surface area contributed by atoms with Crippen LogP contribution in [0.5, 0.6) is 11.5 Å². The van der Waals surface area contributed by atoms with Crippen LogP contribution >= 0.6 is 11.8 Å². The number of phenols is 2. The second-order valence-corrected chi connectivity index (χ2v) is 5.97. The monoisotopic (exact) mass is 282 g/mol. The molecule has 19 heavy (non-hydrogen) atoms. The van der Waals surface area contributed by atoms with E-state index in [0.717, 1.165) is 31.8 Å². The van der Waals surface area contributed by atoms with Crippen molar-refractivity contribution < 1.29 is 19.7 Å². The average molecular weight is 282 g/mol. The Balaban J connectivity index is 1.80. The number of benzene rings is 1. The quantitative estimate of drug-likeness (QED) is 0.813. The van der Waals surface area contributed by atoms with Gasteiger partial charge in [-0.2, -0.15) is 11.8 Å². The third kappa shape index (κ3) is 4.14. The Morgan fingerprint density at radius 2 is 2.05 bits per heavy atom. The highest BCUT2D eigenvalue weighted by molar-refractivity contribution is 7.99. The summed E-state index contributed by atoms with van der Waals surface area (Å²) in [6.07, 6.45) is 2.49. The summed E-state index contributed by atoms with van der Waals surface area (Å²) in [5.74, 6) is 0.479. The molecule has 0 aliphatic carbocycles. The number of hydrogen-bond donors (Lipinski definition) is 2. The molecular formula is C14H18O4S. The molecule has 2 N–H and O–H groups in total. The van der Waals surface area contributed by atoms with Gasteiger partial charge in [-0.25, -0.2) is 0 Å². The minimum atomic E-state index is -0.152. The third-order valence-corrected chi connectivity index (χ3v) is 4.52. The number of hydrogen-bond acceptors (Lipinski definition) is 5. The lowest BCUT2D eigenvalue weighted by Crippen LogP contribution is -2.18. The van der Waals surface area contributed by atoms with E-state index < -0.39 is 0 Å². The maximum absolute atomic E-state index is 11.9. The van der Waals surface area contributed by atoms with Gasteiger partial charge in [-0.1, -0.05) is 0 Å². The van der Waals surface area contributed by atoms with Crippen molar-refractivity contribution >= 4 is 17.5 Å². The molecule has 0 radical (unpaired) electrons. The van der Waals surface area contributed by atoms with Crippen LogP contribution in [0.15, 0.2) is 18.2 Å². The molecule has 0 amide bonds. The molecule has 0 atom stereocenters. The minimum absolute atomic E-state index is 0.0365. The molecule has 1 aliphatic heterocycles. The van der Waals surface area contributed by atoms with Gasteiger partial charge in [0.1, 0.15) is 11.5 Å². The third-order valence-electron chi connectivity index (χ3n) is 3.13. The number of Topliss-reactive ketones (excluding diaryl/α,β-unsaturated/α-hetero) is 1. The van der Waals surface area contributed by atoms with Crippen molar-refractivity contribution in [2.45, 2.75) is 24.5 Å². The largest absolute Gasteiger partial charge is 0.508 e. The number of ether oxygens (including phenoxy) is 1. The topological polar surface area (TPSA) is 66.8 Å². The molecule has 0 aromatic heterocycles. The second kappa shape index (κ2) is 6.82. The van der Waals surface area contributed by atoms with E-state index in [9.17, 15) is 15.0 Å². The average Bonchev–Trinajstić information content (AvgIpc) is 2.39. The van der Waals surface area contributed by atoms with E-state index in [1.54, 1.807) is 11.8 Å². The maximum atomic E-state index is 11.9. The summed E-state index contributed by atoms with van der Waals surface area (Å²) in [5, 5.41) is 19.4. The molecule has 4 nitrogen and oxygen atoms in total. The molecule has 5 heteroatoms. The normalized spacial score (nSPS) is 16.4. The van der Waals surface area contributed by atoms with Gasteiger partial charge < -0.3 is 14.9 Å². The molecule has 0 spiro atoms. The Hall–Kier alpha value is -1.20. The maximum Gasteiger partial charge on any atom is 0.167 e. The Bertz CT molecular complexity index is 441. The lowest BCUT2D eigenvalue weighted by molar-refractivity contribution is 0.0985. The van der Waals surface area contributed by atoms with Crippen molar-refractivity contribution in [2.24, 2.45) is 0 Å². The van der Waals surface area contributed by atoms with Crippen molar-refractivity contribution in [3.8, 4) is 11.5 Å². The smallest absolute Gasteiger partial charge is 0.167 e. The van der Waals surface area contributed by atoms with Crippen LogP contribution in [-0.2, 0) is 4.74 Å². The number of carbonyl (C=O) groups is 1. The van der Waals surface area contributed by atoms with E-state index >= 15 is 0 Å². The first-order chi connectivity index (χ1) is 9.16. The van der Waals surface area contributed by atoms with Crippen molar-refractivity contribution in [3.05, 3.63) is 23.8 Å². The summed E-state index contributed by atoms with van der Waals surface area (Å²) < 4.78 is 5.29. The fourth-order valence-electron chi connectivity index (χ4n) is 2.05. The van der Waals surface area contributed by atoms with E-state index in [1.807, 2.05) is 0 Å². The Kier molecular flexibility index (Phi) is 5.10. The number of ketones is 1. The fourth-order valence-corrected chi connectivity index (χ4v) is 3.21. The molecule has 1 aliphatic rings. The minimum Gasteiger partial charge on any atom is -0.508 e.